The van der Waals surface area contributed by atoms with E-state index in [4.69, 9.17) is 11.6 Å². The second-order valence-corrected chi connectivity index (χ2v) is 8.30. The number of rotatable bonds is 5. The summed E-state index contributed by atoms with van der Waals surface area (Å²) >= 11 is 7.33. The van der Waals surface area contributed by atoms with Crippen LogP contribution >= 0.6 is 22.9 Å². The van der Waals surface area contributed by atoms with Crippen molar-refractivity contribution in [2.24, 2.45) is 0 Å². The van der Waals surface area contributed by atoms with Crippen LogP contribution in [0.2, 0.25) is 5.02 Å². The number of aryl methyl sites for hydroxylation is 1. The van der Waals surface area contributed by atoms with Crippen molar-refractivity contribution in [3.63, 3.8) is 0 Å². The highest BCUT2D eigenvalue weighted by molar-refractivity contribution is 7.09. The Hall–Kier alpha value is -3.23. The topological polar surface area (TPSA) is 100 Å². The van der Waals surface area contributed by atoms with Gasteiger partial charge < -0.3 is 10.6 Å². The van der Waals surface area contributed by atoms with Crippen molar-refractivity contribution < 1.29 is 14.4 Å². The summed E-state index contributed by atoms with van der Waals surface area (Å²) in [6, 6.07) is 13.7. The van der Waals surface area contributed by atoms with Gasteiger partial charge in [0.25, 0.3) is 11.8 Å². The lowest BCUT2D eigenvalue weighted by molar-refractivity contribution is -0.124. The van der Waals surface area contributed by atoms with Gasteiger partial charge in [0.05, 0.1) is 17.7 Å². The molecule has 3 N–H and O–H groups in total. The number of carbonyl (C=O) groups excluding carboxylic acids is 3. The number of nitrogens with zero attached hydrogens (tertiary/aromatic N) is 1. The minimum Gasteiger partial charge on any atom is -0.349 e. The van der Waals surface area contributed by atoms with Gasteiger partial charge in [-0.1, -0.05) is 41.9 Å². The fraction of sp³-hybridized carbons (Fsp3) is 0.143. The fourth-order valence-electron chi connectivity index (χ4n) is 3.45. The van der Waals surface area contributed by atoms with Crippen molar-refractivity contribution in [3.8, 4) is 11.1 Å². The van der Waals surface area contributed by atoms with Gasteiger partial charge in [0.1, 0.15) is 0 Å². The SMILES string of the molecule is Cc1scnc1[C@@]1(CNC(=O)c2ccccc2-c2ccc(Cl)cc2)NC(=O)NC1=O. The molecule has 4 rings (SSSR count). The van der Waals surface area contributed by atoms with Crippen LogP contribution in [0.4, 0.5) is 4.79 Å². The summed E-state index contributed by atoms with van der Waals surface area (Å²) in [5.74, 6) is -0.922. The number of hydrogen-bond donors (Lipinski definition) is 3. The molecular weight excluding hydrogens is 424 g/mol. The first-order valence-corrected chi connectivity index (χ1v) is 10.3. The van der Waals surface area contributed by atoms with Gasteiger partial charge in [-0.25, -0.2) is 9.78 Å². The summed E-state index contributed by atoms with van der Waals surface area (Å²) in [5.41, 5.74) is 2.57. The van der Waals surface area contributed by atoms with E-state index >= 15 is 0 Å². The molecule has 3 aromatic rings. The molecule has 4 amide bonds. The fourth-order valence-corrected chi connectivity index (χ4v) is 4.23. The Balaban J connectivity index is 1.63. The lowest BCUT2D eigenvalue weighted by Gasteiger charge is -2.25. The normalized spacial score (nSPS) is 18.1. The molecule has 1 saturated heterocycles. The van der Waals surface area contributed by atoms with Crippen molar-refractivity contribution in [2.75, 3.05) is 6.54 Å². The van der Waals surface area contributed by atoms with Crippen LogP contribution < -0.4 is 16.0 Å². The molecule has 152 valence electrons. The summed E-state index contributed by atoms with van der Waals surface area (Å²) in [5, 5.41) is 8.27. The maximum absolute atomic E-state index is 13.0. The Morgan fingerprint density at radius 1 is 1.17 bits per heavy atom. The van der Waals surface area contributed by atoms with Crippen molar-refractivity contribution in [1.29, 1.82) is 0 Å². The predicted octanol–water partition coefficient (Wildman–Crippen LogP) is 3.24. The molecule has 9 heteroatoms. The number of hydrogen-bond acceptors (Lipinski definition) is 5. The van der Waals surface area contributed by atoms with Gasteiger partial charge in [-0.05, 0) is 36.2 Å². The van der Waals surface area contributed by atoms with Crippen molar-refractivity contribution >= 4 is 40.8 Å². The minimum absolute atomic E-state index is 0.136. The number of amides is 4. The summed E-state index contributed by atoms with van der Waals surface area (Å²) in [4.78, 5) is 42.6. The number of urea groups is 1. The van der Waals surface area contributed by atoms with Crippen LogP contribution in [-0.2, 0) is 10.3 Å². The van der Waals surface area contributed by atoms with Gasteiger partial charge in [0.15, 0.2) is 5.54 Å². The highest BCUT2D eigenvalue weighted by atomic mass is 35.5. The number of carbonyl (C=O) groups is 3. The maximum atomic E-state index is 13.0. The first kappa shape index (κ1) is 20.1. The van der Waals surface area contributed by atoms with Gasteiger partial charge in [0.2, 0.25) is 0 Å². The van der Waals surface area contributed by atoms with E-state index in [1.54, 1.807) is 29.8 Å². The monoisotopic (exact) mass is 440 g/mol. The average Bonchev–Trinajstić information content (AvgIpc) is 3.29. The van der Waals surface area contributed by atoms with Crippen molar-refractivity contribution in [1.82, 2.24) is 20.9 Å². The third-order valence-electron chi connectivity index (χ3n) is 4.93. The summed E-state index contributed by atoms with van der Waals surface area (Å²) < 4.78 is 0. The third-order valence-corrected chi connectivity index (χ3v) is 5.94. The second kappa shape index (κ2) is 7.89. The van der Waals surface area contributed by atoms with Crippen LogP contribution in [0.25, 0.3) is 11.1 Å². The Bertz CT molecular complexity index is 1150. The Labute approximate surface area is 181 Å². The first-order chi connectivity index (χ1) is 14.4. The molecule has 2 heterocycles. The van der Waals surface area contributed by atoms with Crippen LogP contribution in [0.5, 0.6) is 0 Å². The lowest BCUT2D eigenvalue weighted by atomic mass is 9.93. The van der Waals surface area contributed by atoms with Crippen LogP contribution in [0, 0.1) is 6.92 Å². The molecule has 0 spiro atoms. The molecule has 7 nitrogen and oxygen atoms in total. The van der Waals surface area contributed by atoms with Crippen molar-refractivity contribution in [2.45, 2.75) is 12.5 Å². The maximum Gasteiger partial charge on any atom is 0.322 e. The van der Waals surface area contributed by atoms with E-state index in [1.165, 1.54) is 11.3 Å². The molecule has 0 bridgehead atoms. The zero-order valence-corrected chi connectivity index (χ0v) is 17.4. The standard InChI is InChI=1S/C21H17ClN4O3S/c1-12-17(24-11-30-12)21(19(28)25-20(29)26-21)10-23-18(27)16-5-3-2-4-15(16)13-6-8-14(22)9-7-13/h2-9,11H,10H2,1H3,(H,23,27)(H2,25,26,28,29)/t21-/m1/s1. The molecule has 0 aliphatic carbocycles. The molecule has 1 fully saturated rings. The molecule has 1 aromatic heterocycles. The molecule has 0 unspecified atom stereocenters. The Kier molecular flexibility index (Phi) is 5.27. The van der Waals surface area contributed by atoms with Crippen LogP contribution in [0.15, 0.2) is 54.0 Å². The zero-order chi connectivity index (χ0) is 21.3. The van der Waals surface area contributed by atoms with Gasteiger partial charge in [-0.15, -0.1) is 11.3 Å². The molecular formula is C21H17ClN4O3S. The average molecular weight is 441 g/mol. The Morgan fingerprint density at radius 3 is 2.53 bits per heavy atom. The molecule has 2 aromatic carbocycles. The van der Waals surface area contributed by atoms with E-state index in [9.17, 15) is 14.4 Å². The largest absolute Gasteiger partial charge is 0.349 e. The third kappa shape index (κ3) is 3.55. The van der Waals surface area contributed by atoms with E-state index in [0.29, 0.717) is 16.3 Å². The molecule has 0 saturated carbocycles. The second-order valence-electron chi connectivity index (χ2n) is 6.81. The number of thiazole rings is 1. The van der Waals surface area contributed by atoms with Gasteiger partial charge in [-0.2, -0.15) is 0 Å². The number of imide groups is 1. The number of halogens is 1. The molecule has 30 heavy (non-hydrogen) atoms. The number of benzene rings is 2. The highest BCUT2D eigenvalue weighted by Gasteiger charge is 2.50. The molecule has 1 aliphatic rings. The quantitative estimate of drug-likeness (QED) is 0.530. The molecule has 1 aliphatic heterocycles. The lowest BCUT2D eigenvalue weighted by Crippen LogP contribution is -2.53. The molecule has 1 atom stereocenters. The predicted molar refractivity (Wildman–Crippen MR) is 114 cm³/mol. The number of aromatic nitrogens is 1. The first-order valence-electron chi connectivity index (χ1n) is 9.08. The van der Waals surface area contributed by atoms with Gasteiger partial charge >= 0.3 is 6.03 Å². The number of nitrogens with one attached hydrogen (secondary N) is 3. The molecule has 0 radical (unpaired) electrons. The van der Waals surface area contributed by atoms with Crippen LogP contribution in [-0.4, -0.2) is 29.4 Å². The Morgan fingerprint density at radius 2 is 1.90 bits per heavy atom. The summed E-state index contributed by atoms with van der Waals surface area (Å²) in [6.07, 6.45) is 0. The van der Waals surface area contributed by atoms with E-state index in [1.807, 2.05) is 31.2 Å². The smallest absolute Gasteiger partial charge is 0.322 e. The van der Waals surface area contributed by atoms with Crippen molar-refractivity contribution in [3.05, 3.63) is 75.2 Å². The van der Waals surface area contributed by atoms with Crippen LogP contribution in [0.3, 0.4) is 0 Å². The minimum atomic E-state index is -1.45. The van der Waals surface area contributed by atoms with E-state index in [0.717, 1.165) is 16.0 Å². The summed E-state index contributed by atoms with van der Waals surface area (Å²) in [6.45, 7) is 1.67. The van der Waals surface area contributed by atoms with E-state index < -0.39 is 17.5 Å². The van der Waals surface area contributed by atoms with E-state index in [2.05, 4.69) is 20.9 Å². The summed E-state index contributed by atoms with van der Waals surface area (Å²) in [7, 11) is 0. The van der Waals surface area contributed by atoms with Gasteiger partial charge in [-0.3, -0.25) is 14.9 Å². The van der Waals surface area contributed by atoms with Crippen LogP contribution in [0.1, 0.15) is 20.9 Å². The zero-order valence-electron chi connectivity index (χ0n) is 15.9. The van der Waals surface area contributed by atoms with Gasteiger partial charge in [0, 0.05) is 15.5 Å². The highest BCUT2D eigenvalue weighted by Crippen LogP contribution is 2.29. The van der Waals surface area contributed by atoms with E-state index in [-0.39, 0.29) is 12.5 Å².